The van der Waals surface area contributed by atoms with Crippen LogP contribution in [-0.2, 0) is 4.79 Å². The van der Waals surface area contributed by atoms with Gasteiger partial charge < -0.3 is 4.90 Å². The fourth-order valence-electron chi connectivity index (χ4n) is 5.06. The monoisotopic (exact) mass is 423 g/mol. The molecule has 2 atom stereocenters. The highest BCUT2D eigenvalue weighted by atomic mass is 16.1. The predicted molar refractivity (Wildman–Crippen MR) is 125 cm³/mol. The van der Waals surface area contributed by atoms with Crippen molar-refractivity contribution in [3.05, 3.63) is 46.5 Å². The van der Waals surface area contributed by atoms with Gasteiger partial charge in [0.25, 0.3) is 0 Å². The van der Waals surface area contributed by atoms with Gasteiger partial charge in [-0.15, -0.1) is 0 Å². The van der Waals surface area contributed by atoms with E-state index in [9.17, 15) is 14.4 Å². The molecule has 0 N–H and O–H groups in total. The molecule has 0 saturated carbocycles. The lowest BCUT2D eigenvalue weighted by molar-refractivity contribution is -0.123. The van der Waals surface area contributed by atoms with Crippen LogP contribution in [0.25, 0.3) is 0 Å². The Morgan fingerprint density at radius 1 is 0.839 bits per heavy atom. The summed E-state index contributed by atoms with van der Waals surface area (Å²) in [4.78, 5) is 41.7. The van der Waals surface area contributed by atoms with E-state index < -0.39 is 0 Å². The lowest BCUT2D eigenvalue weighted by atomic mass is 9.67. The van der Waals surface area contributed by atoms with Crippen molar-refractivity contribution in [3.63, 3.8) is 0 Å². The first-order chi connectivity index (χ1) is 15.0. The minimum atomic E-state index is -0.204. The minimum Gasteiger partial charge on any atom is -0.303 e. The van der Waals surface area contributed by atoms with Gasteiger partial charge in [-0.05, 0) is 51.2 Å². The first kappa shape index (κ1) is 23.6. The van der Waals surface area contributed by atoms with Crippen LogP contribution >= 0.6 is 0 Å². The van der Waals surface area contributed by atoms with E-state index in [4.69, 9.17) is 0 Å². The van der Waals surface area contributed by atoms with E-state index in [0.717, 1.165) is 32.5 Å². The normalized spacial score (nSPS) is 21.0. The molecule has 0 fully saturated rings. The second-order valence-corrected chi connectivity index (χ2v) is 9.18. The SMILES string of the molecule is CCCCCN(CCCC)CCCC1C2=C(CC(=O)C1C)C(=O)c1ccccc1C2=O. The Hall–Kier alpha value is -2.07. The first-order valence-electron chi connectivity index (χ1n) is 12.2. The van der Waals surface area contributed by atoms with E-state index in [0.29, 0.717) is 22.3 Å². The Kier molecular flexibility index (Phi) is 8.36. The molecule has 0 aromatic heterocycles. The predicted octanol–water partition coefficient (Wildman–Crippen LogP) is 5.66. The molecule has 1 aromatic rings. The van der Waals surface area contributed by atoms with Crippen LogP contribution in [0.1, 0.15) is 92.9 Å². The summed E-state index contributed by atoms with van der Waals surface area (Å²) in [7, 11) is 0. The Labute approximate surface area is 187 Å². The first-order valence-corrected chi connectivity index (χ1v) is 12.2. The number of fused-ring (bicyclic) bond motifs is 1. The molecule has 3 rings (SSSR count). The Bertz CT molecular complexity index is 854. The molecular formula is C27H37NO3. The number of carbonyl (C=O) groups excluding carboxylic acids is 3. The van der Waals surface area contributed by atoms with Gasteiger partial charge in [-0.25, -0.2) is 0 Å². The largest absolute Gasteiger partial charge is 0.303 e. The van der Waals surface area contributed by atoms with Gasteiger partial charge in [-0.2, -0.15) is 0 Å². The van der Waals surface area contributed by atoms with Gasteiger partial charge in [-0.3, -0.25) is 14.4 Å². The van der Waals surface area contributed by atoms with E-state index in [1.54, 1.807) is 18.2 Å². The second kappa shape index (κ2) is 11.0. The van der Waals surface area contributed by atoms with Crippen molar-refractivity contribution < 1.29 is 14.4 Å². The summed E-state index contributed by atoms with van der Waals surface area (Å²) in [5, 5.41) is 0. The van der Waals surface area contributed by atoms with Crippen molar-refractivity contribution in [1.82, 2.24) is 4.90 Å². The molecule has 0 saturated heterocycles. The van der Waals surface area contributed by atoms with Crippen LogP contribution < -0.4 is 0 Å². The minimum absolute atomic E-state index is 0.0414. The van der Waals surface area contributed by atoms with Crippen molar-refractivity contribution in [2.45, 2.75) is 72.1 Å². The van der Waals surface area contributed by atoms with Gasteiger partial charge in [0.1, 0.15) is 5.78 Å². The fourth-order valence-corrected chi connectivity index (χ4v) is 5.06. The molecule has 2 aliphatic carbocycles. The van der Waals surface area contributed by atoms with Gasteiger partial charge >= 0.3 is 0 Å². The van der Waals surface area contributed by atoms with Crippen LogP contribution in [0.5, 0.6) is 0 Å². The highest BCUT2D eigenvalue weighted by molar-refractivity contribution is 6.28. The molecule has 31 heavy (non-hydrogen) atoms. The van der Waals surface area contributed by atoms with Gasteiger partial charge in [-0.1, -0.05) is 64.3 Å². The zero-order valence-corrected chi connectivity index (χ0v) is 19.4. The summed E-state index contributed by atoms with van der Waals surface area (Å²) in [6, 6.07) is 7.05. The van der Waals surface area contributed by atoms with Crippen molar-refractivity contribution in [2.24, 2.45) is 11.8 Å². The average molecular weight is 424 g/mol. The fraction of sp³-hybridized carbons (Fsp3) is 0.593. The molecule has 0 radical (unpaired) electrons. The van der Waals surface area contributed by atoms with Crippen molar-refractivity contribution in [2.75, 3.05) is 19.6 Å². The maximum atomic E-state index is 13.3. The van der Waals surface area contributed by atoms with E-state index in [2.05, 4.69) is 18.7 Å². The highest BCUT2D eigenvalue weighted by Crippen LogP contribution is 2.41. The Morgan fingerprint density at radius 2 is 1.45 bits per heavy atom. The van der Waals surface area contributed by atoms with Crippen LogP contribution in [-0.4, -0.2) is 41.9 Å². The standard InChI is InChI=1S/C27H37NO3/c1-4-6-10-16-28(15-7-5-2)17-11-14-20-19(3)24(29)18-23-25(20)27(31)22-13-9-8-12-21(22)26(23)30/h8-9,12-13,19-20H,4-7,10-11,14-18H2,1-3H3. The molecule has 2 unspecified atom stereocenters. The number of allylic oxidation sites excluding steroid dienone is 2. The number of rotatable bonds is 11. The quantitative estimate of drug-likeness (QED) is 0.431. The molecule has 0 bridgehead atoms. The number of carbonyl (C=O) groups is 3. The van der Waals surface area contributed by atoms with E-state index in [1.165, 1.54) is 32.1 Å². The van der Waals surface area contributed by atoms with Crippen molar-refractivity contribution >= 4 is 17.3 Å². The maximum Gasteiger partial charge on any atom is 0.190 e. The van der Waals surface area contributed by atoms with Crippen LogP contribution in [0.3, 0.4) is 0 Å². The molecular weight excluding hydrogens is 386 g/mol. The van der Waals surface area contributed by atoms with Gasteiger partial charge in [0.15, 0.2) is 11.6 Å². The van der Waals surface area contributed by atoms with Crippen molar-refractivity contribution in [3.8, 4) is 0 Å². The lowest BCUT2D eigenvalue weighted by Crippen LogP contribution is -2.37. The Balaban J connectivity index is 1.75. The van der Waals surface area contributed by atoms with Gasteiger partial charge in [0, 0.05) is 34.6 Å². The van der Waals surface area contributed by atoms with E-state index in [-0.39, 0.29) is 35.6 Å². The zero-order chi connectivity index (χ0) is 22.4. The second-order valence-electron chi connectivity index (χ2n) is 9.18. The molecule has 0 aliphatic heterocycles. The molecule has 2 aliphatic rings. The van der Waals surface area contributed by atoms with Gasteiger partial charge in [0.05, 0.1) is 0 Å². The summed E-state index contributed by atoms with van der Waals surface area (Å²) >= 11 is 0. The number of hydrogen-bond donors (Lipinski definition) is 0. The molecule has 168 valence electrons. The molecule has 0 spiro atoms. The summed E-state index contributed by atoms with van der Waals surface area (Å²) in [6.07, 6.45) is 7.90. The summed E-state index contributed by atoms with van der Waals surface area (Å²) in [5.74, 6) is -0.426. The third-order valence-electron chi connectivity index (χ3n) is 6.99. The van der Waals surface area contributed by atoms with Crippen LogP contribution in [0.4, 0.5) is 0 Å². The van der Waals surface area contributed by atoms with Crippen LogP contribution in [0.2, 0.25) is 0 Å². The number of benzene rings is 1. The molecule has 4 nitrogen and oxygen atoms in total. The molecule has 0 amide bonds. The smallest absolute Gasteiger partial charge is 0.190 e. The maximum absolute atomic E-state index is 13.3. The number of nitrogens with zero attached hydrogens (tertiary/aromatic N) is 1. The third kappa shape index (κ3) is 5.23. The molecule has 4 heteroatoms. The van der Waals surface area contributed by atoms with Crippen LogP contribution in [0.15, 0.2) is 35.4 Å². The third-order valence-corrected chi connectivity index (χ3v) is 6.99. The van der Waals surface area contributed by atoms with E-state index >= 15 is 0 Å². The van der Waals surface area contributed by atoms with Crippen LogP contribution in [0, 0.1) is 11.8 Å². The summed E-state index contributed by atoms with van der Waals surface area (Å²) in [6.45, 7) is 9.60. The van der Waals surface area contributed by atoms with Gasteiger partial charge in [0.2, 0.25) is 0 Å². The topological polar surface area (TPSA) is 54.5 Å². The number of Topliss-reactive ketones (excluding diaryl/α,β-unsaturated/α-hetero) is 3. The molecule has 1 aromatic carbocycles. The van der Waals surface area contributed by atoms with Crippen molar-refractivity contribution in [1.29, 1.82) is 0 Å². The Morgan fingerprint density at radius 3 is 2.13 bits per heavy atom. The number of ketones is 3. The summed E-state index contributed by atoms with van der Waals surface area (Å²) in [5.41, 5.74) is 2.04. The zero-order valence-electron chi connectivity index (χ0n) is 19.4. The van der Waals surface area contributed by atoms with E-state index in [1.807, 2.05) is 13.0 Å². The number of unbranched alkanes of at least 4 members (excludes halogenated alkanes) is 3. The lowest BCUT2D eigenvalue weighted by Gasteiger charge is -2.35. The average Bonchev–Trinajstić information content (AvgIpc) is 2.78. The summed E-state index contributed by atoms with van der Waals surface area (Å²) < 4.78 is 0. The highest BCUT2D eigenvalue weighted by Gasteiger charge is 2.43. The molecule has 0 heterocycles. The number of hydrogen-bond acceptors (Lipinski definition) is 4.